The van der Waals surface area contributed by atoms with Gasteiger partial charge in [0.05, 0.1) is 6.61 Å². The molecule has 2 heterocycles. The summed E-state index contributed by atoms with van der Waals surface area (Å²) in [5, 5.41) is 5.37. The quantitative estimate of drug-likeness (QED) is 0.688. The molecule has 0 saturated carbocycles. The summed E-state index contributed by atoms with van der Waals surface area (Å²) in [6, 6.07) is 11.3. The number of amides is 4. The molecule has 1 saturated heterocycles. The normalized spacial score (nSPS) is 19.7. The van der Waals surface area contributed by atoms with Crippen LogP contribution < -0.4 is 24.8 Å². The summed E-state index contributed by atoms with van der Waals surface area (Å²) >= 11 is 0. The third-order valence-corrected chi connectivity index (χ3v) is 5.15. The first-order valence-corrected chi connectivity index (χ1v) is 9.97. The summed E-state index contributed by atoms with van der Waals surface area (Å²) in [6.45, 7) is 4.50. The summed E-state index contributed by atoms with van der Waals surface area (Å²) in [5.41, 5.74) is -0.182. The van der Waals surface area contributed by atoms with Gasteiger partial charge in [-0.15, -0.1) is 0 Å². The van der Waals surface area contributed by atoms with E-state index in [1.807, 2.05) is 6.92 Å². The summed E-state index contributed by atoms with van der Waals surface area (Å²) < 4.78 is 16.4. The molecule has 0 spiro atoms. The van der Waals surface area contributed by atoms with Crippen molar-refractivity contribution in [1.82, 2.24) is 10.2 Å². The van der Waals surface area contributed by atoms with Crippen LogP contribution in [0.25, 0.3) is 0 Å². The summed E-state index contributed by atoms with van der Waals surface area (Å²) in [4.78, 5) is 38.9. The number of nitrogens with zero attached hydrogens (tertiary/aromatic N) is 1. The molecule has 1 unspecified atom stereocenters. The maximum atomic E-state index is 13.0. The van der Waals surface area contributed by atoms with Crippen molar-refractivity contribution in [2.24, 2.45) is 0 Å². The molecule has 2 aliphatic rings. The number of carbonyl (C=O) groups is 3. The van der Waals surface area contributed by atoms with E-state index in [1.165, 1.54) is 0 Å². The lowest BCUT2D eigenvalue weighted by atomic mass is 9.92. The molecule has 0 aromatic heterocycles. The maximum Gasteiger partial charge on any atom is 0.325 e. The number of imide groups is 1. The topological polar surface area (TPSA) is 106 Å². The number of urea groups is 1. The van der Waals surface area contributed by atoms with Gasteiger partial charge in [-0.05, 0) is 43.7 Å². The highest BCUT2D eigenvalue weighted by atomic mass is 16.6. The molecule has 2 aliphatic heterocycles. The van der Waals surface area contributed by atoms with Crippen molar-refractivity contribution in [2.45, 2.75) is 19.4 Å². The van der Waals surface area contributed by atoms with Crippen molar-refractivity contribution < 1.29 is 28.6 Å². The van der Waals surface area contributed by atoms with E-state index in [-0.39, 0.29) is 0 Å². The fourth-order valence-corrected chi connectivity index (χ4v) is 3.55. The van der Waals surface area contributed by atoms with Crippen LogP contribution in [0, 0.1) is 0 Å². The van der Waals surface area contributed by atoms with Gasteiger partial charge in [-0.25, -0.2) is 4.79 Å². The number of fused-ring (bicyclic) bond motifs is 1. The lowest BCUT2D eigenvalue weighted by Crippen LogP contribution is -2.42. The smallest absolute Gasteiger partial charge is 0.325 e. The van der Waals surface area contributed by atoms with Crippen LogP contribution in [0.2, 0.25) is 0 Å². The SMILES string of the molecule is CCOc1ccc(C2(C)NC(=O)N(CC(=O)Nc3ccc4c(c3)OCCO4)C2=O)cc1. The third kappa shape index (κ3) is 3.98. The van der Waals surface area contributed by atoms with Crippen LogP contribution in [-0.4, -0.2) is 49.1 Å². The molecule has 9 heteroatoms. The Morgan fingerprint density at radius 2 is 1.84 bits per heavy atom. The van der Waals surface area contributed by atoms with Crippen LogP contribution in [0.5, 0.6) is 17.2 Å². The molecular weight excluding hydrogens is 402 g/mol. The van der Waals surface area contributed by atoms with E-state index in [0.717, 1.165) is 4.90 Å². The molecule has 31 heavy (non-hydrogen) atoms. The van der Waals surface area contributed by atoms with Crippen molar-refractivity contribution in [3.8, 4) is 17.2 Å². The number of rotatable bonds is 6. The van der Waals surface area contributed by atoms with Gasteiger partial charge in [0, 0.05) is 11.8 Å². The van der Waals surface area contributed by atoms with Crippen molar-refractivity contribution in [2.75, 3.05) is 31.7 Å². The molecular formula is C22H23N3O6. The van der Waals surface area contributed by atoms with Crippen LogP contribution >= 0.6 is 0 Å². The second-order valence-electron chi connectivity index (χ2n) is 7.31. The molecule has 162 valence electrons. The molecule has 0 bridgehead atoms. The van der Waals surface area contributed by atoms with E-state index in [1.54, 1.807) is 49.4 Å². The molecule has 1 fully saturated rings. The second-order valence-corrected chi connectivity index (χ2v) is 7.31. The minimum Gasteiger partial charge on any atom is -0.494 e. The van der Waals surface area contributed by atoms with E-state index >= 15 is 0 Å². The van der Waals surface area contributed by atoms with Crippen LogP contribution in [0.1, 0.15) is 19.4 Å². The Bertz CT molecular complexity index is 1020. The number of carbonyl (C=O) groups excluding carboxylic acids is 3. The Balaban J connectivity index is 1.44. The highest BCUT2D eigenvalue weighted by Gasteiger charge is 2.49. The minimum atomic E-state index is -1.26. The zero-order valence-electron chi connectivity index (χ0n) is 17.3. The molecule has 2 N–H and O–H groups in total. The number of anilines is 1. The van der Waals surface area contributed by atoms with Gasteiger partial charge in [-0.1, -0.05) is 12.1 Å². The Morgan fingerprint density at radius 3 is 2.55 bits per heavy atom. The van der Waals surface area contributed by atoms with Crippen molar-refractivity contribution >= 4 is 23.5 Å². The van der Waals surface area contributed by atoms with E-state index in [2.05, 4.69) is 10.6 Å². The van der Waals surface area contributed by atoms with Crippen LogP contribution in [-0.2, 0) is 15.1 Å². The average Bonchev–Trinajstić information content (AvgIpc) is 2.98. The number of nitrogens with one attached hydrogen (secondary N) is 2. The first-order chi connectivity index (χ1) is 14.9. The predicted molar refractivity (Wildman–Crippen MR) is 111 cm³/mol. The lowest BCUT2D eigenvalue weighted by Gasteiger charge is -2.22. The van der Waals surface area contributed by atoms with Crippen molar-refractivity contribution in [3.63, 3.8) is 0 Å². The average molecular weight is 425 g/mol. The van der Waals surface area contributed by atoms with E-state index in [4.69, 9.17) is 14.2 Å². The molecule has 0 radical (unpaired) electrons. The number of benzene rings is 2. The van der Waals surface area contributed by atoms with Crippen molar-refractivity contribution in [3.05, 3.63) is 48.0 Å². The largest absolute Gasteiger partial charge is 0.494 e. The highest BCUT2D eigenvalue weighted by Crippen LogP contribution is 2.33. The van der Waals surface area contributed by atoms with Crippen molar-refractivity contribution in [1.29, 1.82) is 0 Å². The molecule has 4 amide bonds. The Labute approximate surface area is 179 Å². The van der Waals surface area contributed by atoms with Gasteiger partial charge < -0.3 is 24.8 Å². The second kappa shape index (κ2) is 8.17. The molecule has 9 nitrogen and oxygen atoms in total. The Hall–Kier alpha value is -3.75. The van der Waals surface area contributed by atoms with E-state index in [0.29, 0.717) is 48.3 Å². The number of hydrogen-bond acceptors (Lipinski definition) is 6. The van der Waals surface area contributed by atoms with Gasteiger partial charge in [-0.3, -0.25) is 14.5 Å². The van der Waals surface area contributed by atoms with Gasteiger partial charge in [0.1, 0.15) is 31.0 Å². The van der Waals surface area contributed by atoms with Gasteiger partial charge in [0.2, 0.25) is 5.91 Å². The standard InChI is InChI=1S/C22H23N3O6/c1-3-29-16-7-4-14(5-8-16)22(2)20(27)25(21(28)24-22)13-19(26)23-15-6-9-17-18(12-15)31-11-10-30-17/h4-9,12H,3,10-11,13H2,1-2H3,(H,23,26)(H,24,28). The fraction of sp³-hybridized carbons (Fsp3) is 0.318. The van der Waals surface area contributed by atoms with Gasteiger partial charge >= 0.3 is 6.03 Å². The molecule has 2 aromatic rings. The van der Waals surface area contributed by atoms with Crippen LogP contribution in [0.15, 0.2) is 42.5 Å². The van der Waals surface area contributed by atoms with Gasteiger partial charge in [0.15, 0.2) is 11.5 Å². The minimum absolute atomic E-state index is 0.411. The monoisotopic (exact) mass is 425 g/mol. The zero-order chi connectivity index (χ0) is 22.0. The van der Waals surface area contributed by atoms with E-state index in [9.17, 15) is 14.4 Å². The predicted octanol–water partition coefficient (Wildman–Crippen LogP) is 2.26. The van der Waals surface area contributed by atoms with Crippen LogP contribution in [0.4, 0.5) is 10.5 Å². The van der Waals surface area contributed by atoms with E-state index < -0.39 is 29.9 Å². The Morgan fingerprint density at radius 1 is 1.13 bits per heavy atom. The number of hydrogen-bond donors (Lipinski definition) is 2. The number of ether oxygens (including phenoxy) is 3. The van der Waals surface area contributed by atoms with Crippen LogP contribution in [0.3, 0.4) is 0 Å². The van der Waals surface area contributed by atoms with Gasteiger partial charge in [0.25, 0.3) is 5.91 Å². The summed E-state index contributed by atoms with van der Waals surface area (Å²) in [7, 11) is 0. The maximum absolute atomic E-state index is 13.0. The molecule has 0 aliphatic carbocycles. The summed E-state index contributed by atoms with van der Waals surface area (Å²) in [6.07, 6.45) is 0. The third-order valence-electron chi connectivity index (χ3n) is 5.15. The Kier molecular flexibility index (Phi) is 5.41. The molecule has 1 atom stereocenters. The zero-order valence-corrected chi connectivity index (χ0v) is 17.3. The fourth-order valence-electron chi connectivity index (χ4n) is 3.55. The first-order valence-electron chi connectivity index (χ1n) is 9.97. The lowest BCUT2D eigenvalue weighted by molar-refractivity contribution is -0.133. The first kappa shape index (κ1) is 20.5. The van der Waals surface area contributed by atoms with Gasteiger partial charge in [-0.2, -0.15) is 0 Å². The highest BCUT2D eigenvalue weighted by molar-refractivity contribution is 6.10. The summed E-state index contributed by atoms with van der Waals surface area (Å²) in [5.74, 6) is 0.795. The molecule has 2 aromatic carbocycles. The molecule has 4 rings (SSSR count).